The number of hydrogen-bond donors (Lipinski definition) is 1. The highest BCUT2D eigenvalue weighted by Crippen LogP contribution is 2.53. The fourth-order valence-electron chi connectivity index (χ4n) is 4.99. The number of thiazole rings is 1. The molecule has 2 aliphatic rings. The Balaban J connectivity index is 1.41. The lowest BCUT2D eigenvalue weighted by atomic mass is 9.84. The molecule has 4 heterocycles. The van der Waals surface area contributed by atoms with Crippen molar-refractivity contribution in [3.8, 4) is 0 Å². The summed E-state index contributed by atoms with van der Waals surface area (Å²) in [4.78, 5) is 59.4. The SMILES string of the molecule is Cc1ccc(N2C(=O)[C@H]3[C@H](c4cccnc4)c4sc(=O)n(CC(=O)Nc5ccccc5)c4S[C@H]3C2=O)cc1. The molecule has 0 radical (unpaired) electrons. The van der Waals surface area contributed by atoms with Gasteiger partial charge in [0.2, 0.25) is 17.7 Å². The molecule has 3 amide bonds. The molecule has 8 nitrogen and oxygen atoms in total. The average Bonchev–Trinajstić information content (AvgIpc) is 3.36. The highest BCUT2D eigenvalue weighted by molar-refractivity contribution is 8.00. The zero-order chi connectivity index (χ0) is 26.4. The number of para-hydroxylation sites is 1. The second-order valence-corrected chi connectivity index (χ2v) is 11.3. The quantitative estimate of drug-likeness (QED) is 0.382. The Hall–Kier alpha value is -4.02. The number of nitrogens with one attached hydrogen (secondary N) is 1. The molecule has 10 heteroatoms. The number of anilines is 2. The van der Waals surface area contributed by atoms with E-state index in [-0.39, 0.29) is 29.1 Å². The van der Waals surface area contributed by atoms with Crippen LogP contribution in [0.5, 0.6) is 0 Å². The van der Waals surface area contributed by atoms with Gasteiger partial charge in [-0.1, -0.05) is 65.1 Å². The van der Waals surface area contributed by atoms with Gasteiger partial charge in [-0.05, 0) is 42.8 Å². The summed E-state index contributed by atoms with van der Waals surface area (Å²) >= 11 is 2.21. The number of carbonyl (C=O) groups is 3. The molecule has 1 N–H and O–H groups in total. The van der Waals surface area contributed by atoms with Gasteiger partial charge in [-0.25, -0.2) is 4.90 Å². The monoisotopic (exact) mass is 542 g/mol. The predicted molar refractivity (Wildman–Crippen MR) is 147 cm³/mol. The Morgan fingerprint density at radius 1 is 0.974 bits per heavy atom. The van der Waals surface area contributed by atoms with Gasteiger partial charge in [0.05, 0.1) is 16.6 Å². The van der Waals surface area contributed by atoms with Crippen LogP contribution in [0.1, 0.15) is 21.9 Å². The molecule has 0 saturated carbocycles. The first-order valence-corrected chi connectivity index (χ1v) is 13.7. The number of pyridine rings is 1. The van der Waals surface area contributed by atoms with E-state index in [1.165, 1.54) is 21.2 Å². The molecule has 0 aliphatic carbocycles. The molecule has 2 aromatic carbocycles. The lowest BCUT2D eigenvalue weighted by molar-refractivity contribution is -0.122. The number of aryl methyl sites for hydroxylation is 1. The van der Waals surface area contributed by atoms with E-state index in [1.807, 2.05) is 43.3 Å². The van der Waals surface area contributed by atoms with Crippen LogP contribution in [0.25, 0.3) is 0 Å². The maximum Gasteiger partial charge on any atom is 0.308 e. The molecule has 190 valence electrons. The van der Waals surface area contributed by atoms with Crippen LogP contribution in [0.3, 0.4) is 0 Å². The summed E-state index contributed by atoms with van der Waals surface area (Å²) in [6, 6.07) is 19.9. The van der Waals surface area contributed by atoms with E-state index in [0.29, 0.717) is 21.3 Å². The number of amides is 3. The molecule has 4 aromatic rings. The number of thioether (sulfide) groups is 1. The largest absolute Gasteiger partial charge is 0.325 e. The number of carbonyl (C=O) groups excluding carboxylic acids is 3. The van der Waals surface area contributed by atoms with Gasteiger partial charge in [0, 0.05) is 28.9 Å². The van der Waals surface area contributed by atoms with Gasteiger partial charge in [0.25, 0.3) is 0 Å². The van der Waals surface area contributed by atoms with E-state index in [0.717, 1.165) is 22.5 Å². The number of nitrogens with zero attached hydrogens (tertiary/aromatic N) is 3. The highest BCUT2D eigenvalue weighted by atomic mass is 32.2. The minimum atomic E-state index is -0.737. The number of rotatable bonds is 5. The van der Waals surface area contributed by atoms with E-state index in [2.05, 4.69) is 10.3 Å². The molecular weight excluding hydrogens is 520 g/mol. The van der Waals surface area contributed by atoms with Crippen molar-refractivity contribution < 1.29 is 14.4 Å². The van der Waals surface area contributed by atoms with E-state index in [9.17, 15) is 19.2 Å². The first-order chi connectivity index (χ1) is 18.4. The lowest BCUT2D eigenvalue weighted by Crippen LogP contribution is -2.33. The Morgan fingerprint density at radius 2 is 1.74 bits per heavy atom. The first-order valence-electron chi connectivity index (χ1n) is 12.0. The predicted octanol–water partition coefficient (Wildman–Crippen LogP) is 4.05. The van der Waals surface area contributed by atoms with Crippen LogP contribution in [0.2, 0.25) is 0 Å². The van der Waals surface area contributed by atoms with E-state index in [4.69, 9.17) is 0 Å². The summed E-state index contributed by atoms with van der Waals surface area (Å²) in [7, 11) is 0. The summed E-state index contributed by atoms with van der Waals surface area (Å²) in [5, 5.41) is 2.62. The fraction of sp³-hybridized carbons (Fsp3) is 0.179. The summed E-state index contributed by atoms with van der Waals surface area (Å²) in [5.74, 6) is -2.21. The molecule has 3 atom stereocenters. The topological polar surface area (TPSA) is 101 Å². The molecule has 0 bridgehead atoms. The maximum absolute atomic E-state index is 13.8. The number of imide groups is 1. The van der Waals surface area contributed by atoms with Crippen LogP contribution >= 0.6 is 23.1 Å². The molecule has 6 rings (SSSR count). The van der Waals surface area contributed by atoms with Gasteiger partial charge in [-0.3, -0.25) is 28.7 Å². The van der Waals surface area contributed by atoms with Crippen LogP contribution in [0, 0.1) is 12.8 Å². The summed E-state index contributed by atoms with van der Waals surface area (Å²) in [6.07, 6.45) is 3.31. The third kappa shape index (κ3) is 4.15. The molecule has 0 unspecified atom stereocenters. The van der Waals surface area contributed by atoms with E-state index in [1.54, 1.807) is 42.7 Å². The van der Waals surface area contributed by atoms with E-state index >= 15 is 0 Å². The van der Waals surface area contributed by atoms with Crippen LogP contribution in [0.4, 0.5) is 11.4 Å². The van der Waals surface area contributed by atoms with Crippen LogP contribution < -0.4 is 15.1 Å². The molecular formula is C28H22N4O4S2. The van der Waals surface area contributed by atoms with Gasteiger partial charge >= 0.3 is 4.87 Å². The van der Waals surface area contributed by atoms with E-state index < -0.39 is 17.1 Å². The lowest BCUT2D eigenvalue weighted by Gasteiger charge is -2.30. The van der Waals surface area contributed by atoms with Crippen LogP contribution in [0.15, 0.2) is 88.9 Å². The zero-order valence-electron chi connectivity index (χ0n) is 20.2. The van der Waals surface area contributed by atoms with Crippen molar-refractivity contribution >= 4 is 52.2 Å². The minimum Gasteiger partial charge on any atom is -0.325 e. The van der Waals surface area contributed by atoms with Gasteiger partial charge in [-0.15, -0.1) is 0 Å². The summed E-state index contributed by atoms with van der Waals surface area (Å²) in [6.45, 7) is 1.74. The average molecular weight is 543 g/mol. The van der Waals surface area contributed by atoms with Crippen molar-refractivity contribution in [2.75, 3.05) is 10.2 Å². The number of hydrogen-bond acceptors (Lipinski definition) is 7. The first kappa shape index (κ1) is 24.3. The Labute approximate surface area is 226 Å². The smallest absolute Gasteiger partial charge is 0.308 e. The number of fused-ring (bicyclic) bond motifs is 2. The number of benzene rings is 2. The third-order valence-electron chi connectivity index (χ3n) is 6.74. The minimum absolute atomic E-state index is 0.201. The molecule has 0 spiro atoms. The maximum atomic E-state index is 13.8. The van der Waals surface area contributed by atoms with Crippen molar-refractivity contribution in [2.45, 2.75) is 29.7 Å². The Morgan fingerprint density at radius 3 is 2.45 bits per heavy atom. The standard InChI is InChI=1S/C28H22N4O4S2/c1-16-9-11-19(12-10-16)32-25(34)22-21(17-6-5-13-29-14-17)24-27(37-23(22)26(32)35)31(28(36)38-24)15-20(33)30-18-7-3-2-4-8-18/h2-14,21-23H,15H2,1H3,(H,30,33)/t21-,22-,23+/m0/s1. The number of aromatic nitrogens is 2. The second-order valence-electron chi connectivity index (χ2n) is 9.21. The van der Waals surface area contributed by atoms with Crippen LogP contribution in [-0.4, -0.2) is 32.5 Å². The zero-order valence-corrected chi connectivity index (χ0v) is 21.9. The van der Waals surface area contributed by atoms with Crippen molar-refractivity contribution in [1.82, 2.24) is 9.55 Å². The summed E-state index contributed by atoms with van der Waals surface area (Å²) < 4.78 is 1.41. The van der Waals surface area contributed by atoms with Gasteiger partial charge < -0.3 is 5.32 Å². The van der Waals surface area contributed by atoms with Crippen molar-refractivity contribution in [2.24, 2.45) is 5.92 Å². The second kappa shape index (κ2) is 9.70. The Kier molecular flexibility index (Phi) is 6.21. The van der Waals surface area contributed by atoms with Gasteiger partial charge in [-0.2, -0.15) is 0 Å². The molecule has 2 aromatic heterocycles. The fourth-order valence-corrected chi connectivity index (χ4v) is 7.76. The molecule has 2 aliphatic heterocycles. The van der Waals surface area contributed by atoms with Crippen LogP contribution in [-0.2, 0) is 20.9 Å². The Bertz CT molecular complexity index is 1600. The molecule has 1 fully saturated rings. The normalized spacial score (nSPS) is 20.2. The van der Waals surface area contributed by atoms with Crippen molar-refractivity contribution in [3.63, 3.8) is 0 Å². The molecule has 1 saturated heterocycles. The van der Waals surface area contributed by atoms with Crippen molar-refractivity contribution in [1.29, 1.82) is 0 Å². The third-order valence-corrected chi connectivity index (χ3v) is 9.35. The summed E-state index contributed by atoms with van der Waals surface area (Å²) in [5.41, 5.74) is 2.92. The molecule has 38 heavy (non-hydrogen) atoms. The van der Waals surface area contributed by atoms with Gasteiger partial charge in [0.1, 0.15) is 11.8 Å². The van der Waals surface area contributed by atoms with Crippen molar-refractivity contribution in [3.05, 3.63) is 105 Å². The van der Waals surface area contributed by atoms with Gasteiger partial charge in [0.15, 0.2) is 0 Å². The highest BCUT2D eigenvalue weighted by Gasteiger charge is 2.56.